The molecular weight excluding hydrogens is 208 g/mol. The highest BCUT2D eigenvalue weighted by Crippen LogP contribution is 2.18. The Morgan fingerprint density at radius 1 is 1.45 bits per heavy atom. The zero-order valence-electron chi connectivity index (χ0n) is 6.84. The van der Waals surface area contributed by atoms with Crippen molar-refractivity contribution in [3.8, 4) is 5.88 Å². The Morgan fingerprint density at radius 3 is 2.45 bits per heavy atom. The molecule has 0 spiro atoms. The van der Waals surface area contributed by atoms with Crippen LogP contribution in [0.4, 0.5) is 0 Å². The molecule has 4 heteroatoms. The van der Waals surface area contributed by atoms with Crippen molar-refractivity contribution in [3.05, 3.63) is 17.0 Å². The molecule has 0 aliphatic rings. The molecule has 0 amide bonds. The predicted octanol–water partition coefficient (Wildman–Crippen LogP) is 2.27. The van der Waals surface area contributed by atoms with E-state index in [2.05, 4.69) is 25.9 Å². The molecule has 0 bridgehead atoms. The minimum atomic E-state index is 0.560. The Labute approximate surface area is 75.0 Å². The number of methoxy groups -OCH3 is 1. The number of hydrogen-bond donors (Lipinski definition) is 0. The number of aromatic nitrogens is 2. The quantitative estimate of drug-likeness (QED) is 0.726. The molecule has 1 rings (SSSR count). The first-order chi connectivity index (χ1) is 5.34. The van der Waals surface area contributed by atoms with Crippen LogP contribution in [0.2, 0.25) is 0 Å². The van der Waals surface area contributed by atoms with Crippen molar-refractivity contribution in [2.75, 3.05) is 7.11 Å². The van der Waals surface area contributed by atoms with Crippen LogP contribution < -0.4 is 4.74 Å². The van der Waals surface area contributed by atoms with Gasteiger partial charge in [-0.2, -0.15) is 0 Å². The summed E-state index contributed by atoms with van der Waals surface area (Å²) in [5.74, 6) is 0.560. The van der Waals surface area contributed by atoms with Gasteiger partial charge in [0.15, 0.2) is 0 Å². The molecule has 1 heterocycles. The Kier molecular flexibility index (Phi) is 5.74. The van der Waals surface area contributed by atoms with Gasteiger partial charge in [0, 0.05) is 6.20 Å². The van der Waals surface area contributed by atoms with Crippen molar-refractivity contribution in [2.45, 2.75) is 13.8 Å². The lowest BCUT2D eigenvalue weighted by Crippen LogP contribution is -1.88. The van der Waals surface area contributed by atoms with Crippen molar-refractivity contribution in [1.29, 1.82) is 0 Å². The fraction of sp³-hybridized carbons (Fsp3) is 0.429. The van der Waals surface area contributed by atoms with Gasteiger partial charge in [-0.05, 0) is 15.9 Å². The summed E-state index contributed by atoms with van der Waals surface area (Å²) in [4.78, 5) is 7.57. The molecular formula is C7H11BrN2O. The lowest BCUT2D eigenvalue weighted by Gasteiger charge is -1.96. The van der Waals surface area contributed by atoms with E-state index in [1.807, 2.05) is 13.8 Å². The topological polar surface area (TPSA) is 35.0 Å². The van der Waals surface area contributed by atoms with Crippen LogP contribution in [0.25, 0.3) is 0 Å². The second-order valence-electron chi connectivity index (χ2n) is 1.38. The Hall–Kier alpha value is -0.640. The Morgan fingerprint density at radius 2 is 2.09 bits per heavy atom. The molecule has 1 aromatic rings. The van der Waals surface area contributed by atoms with Gasteiger partial charge in [-0.15, -0.1) is 0 Å². The summed E-state index contributed by atoms with van der Waals surface area (Å²) in [6, 6.07) is 0. The van der Waals surface area contributed by atoms with Gasteiger partial charge < -0.3 is 4.74 Å². The third kappa shape index (κ3) is 3.32. The van der Waals surface area contributed by atoms with Crippen molar-refractivity contribution in [2.24, 2.45) is 0 Å². The SMILES string of the molecule is CC.COc1ncncc1Br. The van der Waals surface area contributed by atoms with E-state index in [1.54, 1.807) is 13.3 Å². The Bertz CT molecular complexity index is 205. The standard InChI is InChI=1S/C5H5BrN2O.C2H6/c1-9-5-4(6)2-7-3-8-5;1-2/h2-3H,1H3;1-2H3. The molecule has 0 radical (unpaired) electrons. The van der Waals surface area contributed by atoms with Crippen LogP contribution in [0, 0.1) is 0 Å². The van der Waals surface area contributed by atoms with Gasteiger partial charge in [0.25, 0.3) is 0 Å². The lowest BCUT2D eigenvalue weighted by molar-refractivity contribution is 0.394. The summed E-state index contributed by atoms with van der Waals surface area (Å²) in [6.45, 7) is 4.00. The van der Waals surface area contributed by atoms with E-state index in [0.29, 0.717) is 5.88 Å². The maximum Gasteiger partial charge on any atom is 0.230 e. The fourth-order valence-corrected chi connectivity index (χ4v) is 0.834. The fourth-order valence-electron chi connectivity index (χ4n) is 0.452. The lowest BCUT2D eigenvalue weighted by atomic mass is 10.6. The second kappa shape index (κ2) is 6.09. The molecule has 0 aliphatic carbocycles. The summed E-state index contributed by atoms with van der Waals surface area (Å²) >= 11 is 3.21. The van der Waals surface area contributed by atoms with E-state index in [1.165, 1.54) is 6.33 Å². The van der Waals surface area contributed by atoms with Crippen molar-refractivity contribution >= 4 is 15.9 Å². The van der Waals surface area contributed by atoms with Crippen molar-refractivity contribution in [3.63, 3.8) is 0 Å². The van der Waals surface area contributed by atoms with Crippen LogP contribution in [0.3, 0.4) is 0 Å². The monoisotopic (exact) mass is 218 g/mol. The summed E-state index contributed by atoms with van der Waals surface area (Å²) in [6.07, 6.45) is 3.06. The third-order valence-electron chi connectivity index (χ3n) is 0.827. The first kappa shape index (κ1) is 10.4. The van der Waals surface area contributed by atoms with E-state index >= 15 is 0 Å². The smallest absolute Gasteiger partial charge is 0.230 e. The average Bonchev–Trinajstić information content (AvgIpc) is 2.09. The first-order valence-electron chi connectivity index (χ1n) is 3.34. The summed E-state index contributed by atoms with van der Waals surface area (Å²) in [5, 5.41) is 0. The molecule has 11 heavy (non-hydrogen) atoms. The van der Waals surface area contributed by atoms with Gasteiger partial charge in [-0.1, -0.05) is 13.8 Å². The molecule has 0 atom stereocenters. The van der Waals surface area contributed by atoms with Gasteiger partial charge in [0.05, 0.1) is 11.6 Å². The minimum absolute atomic E-state index is 0.560. The maximum atomic E-state index is 4.85. The molecule has 0 N–H and O–H groups in total. The number of hydrogen-bond acceptors (Lipinski definition) is 3. The highest BCUT2D eigenvalue weighted by molar-refractivity contribution is 9.10. The van der Waals surface area contributed by atoms with Crippen LogP contribution in [0.5, 0.6) is 5.88 Å². The third-order valence-corrected chi connectivity index (χ3v) is 1.37. The van der Waals surface area contributed by atoms with Gasteiger partial charge in [-0.3, -0.25) is 0 Å². The van der Waals surface area contributed by atoms with Crippen LogP contribution in [0.15, 0.2) is 17.0 Å². The summed E-state index contributed by atoms with van der Waals surface area (Å²) in [5.41, 5.74) is 0. The average molecular weight is 219 g/mol. The second-order valence-corrected chi connectivity index (χ2v) is 2.23. The van der Waals surface area contributed by atoms with E-state index in [-0.39, 0.29) is 0 Å². The normalized spacial score (nSPS) is 8.00. The van der Waals surface area contributed by atoms with Crippen molar-refractivity contribution < 1.29 is 4.74 Å². The number of rotatable bonds is 1. The molecule has 1 aromatic heterocycles. The molecule has 3 nitrogen and oxygen atoms in total. The van der Waals surface area contributed by atoms with E-state index in [4.69, 9.17) is 4.74 Å². The summed E-state index contributed by atoms with van der Waals surface area (Å²) in [7, 11) is 1.56. The van der Waals surface area contributed by atoms with Crippen molar-refractivity contribution in [1.82, 2.24) is 9.97 Å². The number of nitrogens with zero attached hydrogens (tertiary/aromatic N) is 2. The zero-order chi connectivity index (χ0) is 8.69. The van der Waals surface area contributed by atoms with Crippen LogP contribution >= 0.6 is 15.9 Å². The van der Waals surface area contributed by atoms with Crippen LogP contribution in [-0.2, 0) is 0 Å². The number of ether oxygens (including phenoxy) is 1. The van der Waals surface area contributed by atoms with E-state index in [0.717, 1.165) is 4.47 Å². The molecule has 0 saturated heterocycles. The highest BCUT2D eigenvalue weighted by atomic mass is 79.9. The van der Waals surface area contributed by atoms with E-state index in [9.17, 15) is 0 Å². The largest absolute Gasteiger partial charge is 0.480 e. The number of halogens is 1. The van der Waals surface area contributed by atoms with Crippen LogP contribution in [-0.4, -0.2) is 17.1 Å². The van der Waals surface area contributed by atoms with Gasteiger partial charge in [0.2, 0.25) is 5.88 Å². The zero-order valence-corrected chi connectivity index (χ0v) is 8.42. The molecule has 0 fully saturated rings. The van der Waals surface area contributed by atoms with Gasteiger partial charge in [0.1, 0.15) is 6.33 Å². The predicted molar refractivity (Wildman–Crippen MR) is 47.6 cm³/mol. The van der Waals surface area contributed by atoms with Crippen LogP contribution in [0.1, 0.15) is 13.8 Å². The summed E-state index contributed by atoms with van der Waals surface area (Å²) < 4.78 is 5.62. The van der Waals surface area contributed by atoms with Gasteiger partial charge in [-0.25, -0.2) is 9.97 Å². The minimum Gasteiger partial charge on any atom is -0.480 e. The molecule has 0 aromatic carbocycles. The molecule has 0 saturated carbocycles. The van der Waals surface area contributed by atoms with E-state index < -0.39 is 0 Å². The molecule has 62 valence electrons. The molecule has 0 unspecified atom stereocenters. The molecule has 0 aliphatic heterocycles. The Balaban J connectivity index is 0.000000461. The van der Waals surface area contributed by atoms with Gasteiger partial charge >= 0.3 is 0 Å². The highest BCUT2D eigenvalue weighted by Gasteiger charge is 1.96. The maximum absolute atomic E-state index is 4.85. The first-order valence-corrected chi connectivity index (χ1v) is 4.13.